The number of benzene rings is 2. The molecule has 0 spiro atoms. The van der Waals surface area contributed by atoms with Gasteiger partial charge in [0.2, 0.25) is 0 Å². The molecule has 2 aromatic heterocycles. The molecule has 13 heteroatoms. The molecule has 206 valence electrons. The fourth-order valence-electron chi connectivity index (χ4n) is 3.82. The van der Waals surface area contributed by atoms with Gasteiger partial charge in [-0.1, -0.05) is 23.2 Å². The van der Waals surface area contributed by atoms with Crippen molar-refractivity contribution >= 4 is 61.6 Å². The van der Waals surface area contributed by atoms with Gasteiger partial charge in [0.05, 0.1) is 35.1 Å². The lowest BCUT2D eigenvalue weighted by atomic mass is 10.2. The van der Waals surface area contributed by atoms with Gasteiger partial charge in [0, 0.05) is 28.2 Å². The largest absolute Gasteiger partial charge is 0.459 e. The Bertz CT molecular complexity index is 1580. The molecule has 0 fully saturated rings. The van der Waals surface area contributed by atoms with Crippen molar-refractivity contribution in [2.24, 2.45) is 0 Å². The van der Waals surface area contributed by atoms with Crippen molar-refractivity contribution in [1.82, 2.24) is 14.5 Å². The van der Waals surface area contributed by atoms with Gasteiger partial charge in [-0.05, 0) is 63.2 Å². The number of halogens is 2. The molecule has 4 aromatic rings. The summed E-state index contributed by atoms with van der Waals surface area (Å²) < 4.78 is 35.7. The Morgan fingerprint density at radius 2 is 1.79 bits per heavy atom. The average Bonchev–Trinajstić information content (AvgIpc) is 3.28. The number of aromatic nitrogens is 3. The van der Waals surface area contributed by atoms with Crippen LogP contribution in [0.15, 0.2) is 66.0 Å². The van der Waals surface area contributed by atoms with Crippen LogP contribution in [0.1, 0.15) is 20.8 Å². The van der Waals surface area contributed by atoms with Crippen molar-refractivity contribution in [2.45, 2.75) is 31.3 Å². The van der Waals surface area contributed by atoms with Crippen molar-refractivity contribution < 1.29 is 23.1 Å². The number of sulfonamides is 1. The lowest BCUT2D eigenvalue weighted by Gasteiger charge is -2.26. The summed E-state index contributed by atoms with van der Waals surface area (Å²) in [5.41, 5.74) is 0.179. The lowest BCUT2D eigenvalue weighted by Crippen LogP contribution is -2.39. The Morgan fingerprint density at radius 1 is 1.08 bits per heavy atom. The molecule has 0 saturated heterocycles. The molecule has 0 radical (unpaired) electrons. The smallest absolute Gasteiger partial charge is 0.327 e. The molecule has 0 amide bonds. The second-order valence-electron chi connectivity index (χ2n) is 9.54. The number of rotatable bonds is 9. The Morgan fingerprint density at radius 3 is 2.41 bits per heavy atom. The van der Waals surface area contributed by atoms with E-state index in [0.717, 1.165) is 9.82 Å². The second-order valence-corrected chi connectivity index (χ2v) is 12.3. The van der Waals surface area contributed by atoms with Gasteiger partial charge in [-0.2, -0.15) is 0 Å². The maximum absolute atomic E-state index is 13.8. The molecule has 0 unspecified atom stereocenters. The molecule has 2 heterocycles. The summed E-state index contributed by atoms with van der Waals surface area (Å²) >= 11 is 12.2. The number of carbonyl (C=O) groups excluding carboxylic acids is 1. The fraction of sp³-hybridized carbons (Fsp3) is 0.269. The van der Waals surface area contributed by atoms with E-state index in [1.54, 1.807) is 68.2 Å². The van der Waals surface area contributed by atoms with Crippen LogP contribution in [0.5, 0.6) is 0 Å². The van der Waals surface area contributed by atoms with E-state index >= 15 is 0 Å². The van der Waals surface area contributed by atoms with Crippen LogP contribution in [0.4, 0.5) is 11.5 Å². The van der Waals surface area contributed by atoms with Crippen LogP contribution in [0.25, 0.3) is 16.7 Å². The van der Waals surface area contributed by atoms with Crippen molar-refractivity contribution in [3.63, 3.8) is 0 Å². The van der Waals surface area contributed by atoms with Gasteiger partial charge < -0.3 is 15.2 Å². The predicted octanol–water partition coefficient (Wildman–Crippen LogP) is 4.67. The summed E-state index contributed by atoms with van der Waals surface area (Å²) in [7, 11) is -4.27. The third-order valence-corrected chi connectivity index (χ3v) is 7.57. The van der Waals surface area contributed by atoms with E-state index in [-0.39, 0.29) is 27.2 Å². The maximum atomic E-state index is 13.8. The number of aliphatic hydroxyl groups is 1. The molecule has 2 aromatic carbocycles. The van der Waals surface area contributed by atoms with Crippen LogP contribution in [0, 0.1) is 0 Å². The second kappa shape index (κ2) is 11.4. The first kappa shape index (κ1) is 28.6. The van der Waals surface area contributed by atoms with E-state index in [9.17, 15) is 13.2 Å². The van der Waals surface area contributed by atoms with Crippen molar-refractivity contribution in [1.29, 1.82) is 0 Å². The van der Waals surface area contributed by atoms with Crippen molar-refractivity contribution in [3.05, 3.63) is 71.1 Å². The summed E-state index contributed by atoms with van der Waals surface area (Å²) in [4.78, 5) is 21.3. The molecule has 0 aliphatic rings. The maximum Gasteiger partial charge on any atom is 0.327 e. The highest BCUT2D eigenvalue weighted by Gasteiger charge is 2.30. The van der Waals surface area contributed by atoms with Crippen LogP contribution >= 0.6 is 23.2 Å². The molecule has 2 N–H and O–H groups in total. The summed E-state index contributed by atoms with van der Waals surface area (Å²) in [6.45, 7) is 4.87. The van der Waals surface area contributed by atoms with E-state index < -0.39 is 28.1 Å². The van der Waals surface area contributed by atoms with Gasteiger partial charge in [-0.3, -0.25) is 13.7 Å². The average molecular weight is 593 g/mol. The van der Waals surface area contributed by atoms with Crippen LogP contribution in [-0.4, -0.2) is 59.3 Å². The molecule has 0 aliphatic carbocycles. The number of carbonyl (C=O) groups is 1. The number of esters is 1. The zero-order chi connectivity index (χ0) is 28.4. The highest BCUT2D eigenvalue weighted by molar-refractivity contribution is 7.92. The van der Waals surface area contributed by atoms with E-state index in [1.807, 2.05) is 0 Å². The predicted molar refractivity (Wildman–Crippen MR) is 151 cm³/mol. The quantitative estimate of drug-likeness (QED) is 0.269. The molecular formula is C26H27Cl2N5O5S. The van der Waals surface area contributed by atoms with E-state index in [2.05, 4.69) is 15.3 Å². The Hall–Kier alpha value is -3.38. The monoisotopic (exact) mass is 591 g/mol. The number of ether oxygens (including phenoxy) is 1. The van der Waals surface area contributed by atoms with Gasteiger partial charge in [-0.15, -0.1) is 0 Å². The van der Waals surface area contributed by atoms with Crippen LogP contribution in [0.3, 0.4) is 0 Å². The van der Waals surface area contributed by atoms with Gasteiger partial charge in [0.15, 0.2) is 5.82 Å². The molecule has 4 rings (SSSR count). The summed E-state index contributed by atoms with van der Waals surface area (Å²) in [5.74, 6) is 0.344. The highest BCUT2D eigenvalue weighted by atomic mass is 35.5. The van der Waals surface area contributed by atoms with Gasteiger partial charge in [0.1, 0.15) is 18.0 Å². The molecule has 10 nitrogen and oxygen atoms in total. The topological polar surface area (TPSA) is 127 Å². The molecule has 39 heavy (non-hydrogen) atoms. The molecule has 0 bridgehead atoms. The minimum atomic E-state index is -4.27. The molecule has 0 atom stereocenters. The number of nitrogens with one attached hydrogen (secondary N) is 1. The summed E-state index contributed by atoms with van der Waals surface area (Å²) in [6.07, 6.45) is 4.91. The Balaban J connectivity index is 1.74. The first-order chi connectivity index (χ1) is 18.4. The van der Waals surface area contributed by atoms with Gasteiger partial charge in [-0.25, -0.2) is 18.4 Å². The zero-order valence-electron chi connectivity index (χ0n) is 21.4. The Kier molecular flexibility index (Phi) is 8.36. The van der Waals surface area contributed by atoms with E-state index in [4.69, 9.17) is 33.0 Å². The third kappa shape index (κ3) is 6.80. The first-order valence-electron chi connectivity index (χ1n) is 11.9. The van der Waals surface area contributed by atoms with Crippen LogP contribution < -0.4 is 9.62 Å². The minimum absolute atomic E-state index is 0.0288. The van der Waals surface area contributed by atoms with Crippen molar-refractivity contribution in [2.75, 3.05) is 29.3 Å². The number of fused-ring (bicyclic) bond motifs is 1. The number of anilines is 2. The molecule has 0 aliphatic heterocycles. The number of hydrogen-bond acceptors (Lipinski definition) is 8. The fourth-order valence-corrected chi connectivity index (χ4v) is 5.94. The minimum Gasteiger partial charge on any atom is -0.459 e. The zero-order valence-corrected chi connectivity index (χ0v) is 23.8. The molecule has 0 saturated carbocycles. The van der Waals surface area contributed by atoms with Gasteiger partial charge >= 0.3 is 5.97 Å². The summed E-state index contributed by atoms with van der Waals surface area (Å²) in [6, 6.07) is 10.8. The molecular weight excluding hydrogens is 565 g/mol. The van der Waals surface area contributed by atoms with Crippen LogP contribution in [0.2, 0.25) is 10.0 Å². The SMILES string of the molecule is CC(C)(C)OC(=O)CN(c1ccc2c(ccn2-c2cnc(NCCO)cn2)c1)S(=O)(=O)c1cc(Cl)cc(Cl)c1. The first-order valence-corrected chi connectivity index (χ1v) is 14.1. The number of aliphatic hydroxyl groups excluding tert-OH is 1. The number of hydrogen-bond donors (Lipinski definition) is 2. The van der Waals surface area contributed by atoms with E-state index in [1.165, 1.54) is 18.2 Å². The van der Waals surface area contributed by atoms with E-state index in [0.29, 0.717) is 23.6 Å². The Labute approximate surface area is 236 Å². The normalized spacial score (nSPS) is 11.9. The lowest BCUT2D eigenvalue weighted by molar-refractivity contribution is -0.152. The number of nitrogens with zero attached hydrogens (tertiary/aromatic N) is 4. The van der Waals surface area contributed by atoms with Gasteiger partial charge in [0.25, 0.3) is 10.0 Å². The van der Waals surface area contributed by atoms with Crippen LogP contribution in [-0.2, 0) is 19.6 Å². The standard InChI is InChI=1S/C26H27Cl2N5O5S/c1-26(2,3)38-25(35)16-33(39(36,37)21-12-18(27)11-19(28)13-21)20-4-5-22-17(10-20)6-8-32(22)24-15-30-23(14-31-24)29-7-9-34/h4-6,8,10-15,34H,7,9,16H2,1-3H3,(H,29,30). The third-order valence-electron chi connectivity index (χ3n) is 5.38. The van der Waals surface area contributed by atoms with Crippen molar-refractivity contribution in [3.8, 4) is 5.82 Å². The summed E-state index contributed by atoms with van der Waals surface area (Å²) in [5, 5.41) is 12.9. The highest BCUT2D eigenvalue weighted by Crippen LogP contribution is 2.31.